The number of hydrogen-bond donors (Lipinski definition) is 2. The minimum Gasteiger partial charge on any atom is -0.493 e. The Bertz CT molecular complexity index is 372. The van der Waals surface area contributed by atoms with Gasteiger partial charge in [-0.1, -0.05) is 17.7 Å². The van der Waals surface area contributed by atoms with E-state index < -0.39 is 0 Å². The van der Waals surface area contributed by atoms with E-state index in [1.54, 1.807) is 14.0 Å². The van der Waals surface area contributed by atoms with Crippen molar-refractivity contribution >= 4 is 11.6 Å². The number of nitrogens with one attached hydrogen (secondary N) is 1. The van der Waals surface area contributed by atoms with E-state index in [-0.39, 0.29) is 6.10 Å². The van der Waals surface area contributed by atoms with E-state index in [1.165, 1.54) is 0 Å². The van der Waals surface area contributed by atoms with E-state index in [0.29, 0.717) is 31.2 Å². The summed E-state index contributed by atoms with van der Waals surface area (Å²) < 4.78 is 10.6. The smallest absolute Gasteiger partial charge is 0.125 e. The fourth-order valence-electron chi connectivity index (χ4n) is 1.57. The van der Waals surface area contributed by atoms with Gasteiger partial charge in [0.2, 0.25) is 0 Å². The van der Waals surface area contributed by atoms with Crippen LogP contribution in [0.1, 0.15) is 18.9 Å². The van der Waals surface area contributed by atoms with Crippen LogP contribution in [0.3, 0.4) is 0 Å². The molecule has 1 rings (SSSR count). The van der Waals surface area contributed by atoms with Gasteiger partial charge in [0.05, 0.1) is 19.3 Å². The van der Waals surface area contributed by atoms with Gasteiger partial charge >= 0.3 is 0 Å². The molecule has 4 nitrogen and oxygen atoms in total. The fraction of sp³-hybridized carbons (Fsp3) is 0.571. The quantitative estimate of drug-likeness (QED) is 0.684. The molecule has 1 aromatic rings. The monoisotopic (exact) mass is 287 g/mol. The van der Waals surface area contributed by atoms with Gasteiger partial charge in [0.25, 0.3) is 0 Å². The normalized spacial score (nSPS) is 12.4. The van der Waals surface area contributed by atoms with Crippen molar-refractivity contribution in [2.75, 3.05) is 26.9 Å². The van der Waals surface area contributed by atoms with Gasteiger partial charge in [-0.3, -0.25) is 0 Å². The van der Waals surface area contributed by atoms with Gasteiger partial charge in [-0.25, -0.2) is 0 Å². The van der Waals surface area contributed by atoms with Crippen LogP contribution in [0.15, 0.2) is 18.2 Å². The Labute approximate surface area is 119 Å². The lowest BCUT2D eigenvalue weighted by Gasteiger charge is -2.14. The number of aliphatic hydroxyl groups excluding tert-OH is 1. The van der Waals surface area contributed by atoms with Crippen LogP contribution in [0.2, 0.25) is 5.02 Å². The van der Waals surface area contributed by atoms with Crippen LogP contribution in [-0.4, -0.2) is 38.1 Å². The van der Waals surface area contributed by atoms with Crippen LogP contribution in [0, 0.1) is 0 Å². The fourth-order valence-corrected chi connectivity index (χ4v) is 1.81. The summed E-state index contributed by atoms with van der Waals surface area (Å²) in [6, 6.07) is 5.59. The maximum absolute atomic E-state index is 9.22. The lowest BCUT2D eigenvalue weighted by molar-refractivity contribution is 0.155. The number of halogens is 1. The Morgan fingerprint density at radius 1 is 1.37 bits per heavy atom. The molecule has 0 aliphatic heterocycles. The standard InChI is InChI=1S/C14H22ClNO3/c1-11(17)6-8-19-14-5-3-4-13(15)12(14)10-16-7-9-18-2/h3-5,11,16-17H,6-10H2,1-2H3. The molecule has 0 heterocycles. The zero-order valence-corrected chi connectivity index (χ0v) is 12.2. The van der Waals surface area contributed by atoms with Crippen LogP contribution in [0.25, 0.3) is 0 Å². The molecular formula is C14H22ClNO3. The van der Waals surface area contributed by atoms with Crippen molar-refractivity contribution in [3.8, 4) is 5.75 Å². The van der Waals surface area contributed by atoms with E-state index >= 15 is 0 Å². The van der Waals surface area contributed by atoms with Crippen LogP contribution in [-0.2, 0) is 11.3 Å². The Morgan fingerprint density at radius 2 is 2.16 bits per heavy atom. The zero-order chi connectivity index (χ0) is 14.1. The summed E-state index contributed by atoms with van der Waals surface area (Å²) in [6.07, 6.45) is 0.241. The first-order valence-corrected chi connectivity index (χ1v) is 6.81. The van der Waals surface area contributed by atoms with Gasteiger partial charge in [-0.15, -0.1) is 0 Å². The summed E-state index contributed by atoms with van der Waals surface area (Å²) in [6.45, 7) is 4.27. The Balaban J connectivity index is 2.56. The first kappa shape index (κ1) is 16.2. The molecule has 1 aromatic carbocycles. The molecule has 1 unspecified atom stereocenters. The molecule has 1 atom stereocenters. The number of hydrogen-bond acceptors (Lipinski definition) is 4. The molecule has 108 valence electrons. The predicted octanol–water partition coefficient (Wildman–Crippen LogP) is 2.23. The van der Waals surface area contributed by atoms with Crippen molar-refractivity contribution < 1.29 is 14.6 Å². The Morgan fingerprint density at radius 3 is 2.84 bits per heavy atom. The van der Waals surface area contributed by atoms with Crippen molar-refractivity contribution in [1.29, 1.82) is 0 Å². The minimum absolute atomic E-state index is 0.359. The molecule has 0 aromatic heterocycles. The molecule has 0 amide bonds. The van der Waals surface area contributed by atoms with E-state index in [9.17, 15) is 5.11 Å². The van der Waals surface area contributed by atoms with Gasteiger partial charge in [0, 0.05) is 37.2 Å². The molecule has 0 saturated heterocycles. The molecule has 2 N–H and O–H groups in total. The molecule has 5 heteroatoms. The van der Waals surface area contributed by atoms with Crippen molar-refractivity contribution in [2.24, 2.45) is 0 Å². The third-order valence-electron chi connectivity index (χ3n) is 2.65. The van der Waals surface area contributed by atoms with E-state index in [4.69, 9.17) is 21.1 Å². The second kappa shape index (κ2) is 9.15. The van der Waals surface area contributed by atoms with Gasteiger partial charge in [-0.2, -0.15) is 0 Å². The molecular weight excluding hydrogens is 266 g/mol. The van der Waals surface area contributed by atoms with Crippen molar-refractivity contribution in [2.45, 2.75) is 26.0 Å². The van der Waals surface area contributed by atoms with E-state index in [2.05, 4.69) is 5.32 Å². The topological polar surface area (TPSA) is 50.7 Å². The van der Waals surface area contributed by atoms with Crippen molar-refractivity contribution in [3.63, 3.8) is 0 Å². The number of ether oxygens (including phenoxy) is 2. The van der Waals surface area contributed by atoms with Crippen molar-refractivity contribution in [1.82, 2.24) is 5.32 Å². The van der Waals surface area contributed by atoms with Crippen LogP contribution >= 0.6 is 11.6 Å². The summed E-state index contributed by atoms with van der Waals surface area (Å²) in [5, 5.41) is 13.1. The predicted molar refractivity (Wildman–Crippen MR) is 76.8 cm³/mol. The average molecular weight is 288 g/mol. The number of benzene rings is 1. The second-order valence-corrected chi connectivity index (χ2v) is 4.78. The van der Waals surface area contributed by atoms with Gasteiger partial charge < -0.3 is 19.9 Å². The highest BCUT2D eigenvalue weighted by Gasteiger charge is 2.08. The number of rotatable bonds is 9. The van der Waals surface area contributed by atoms with Gasteiger partial charge in [0.1, 0.15) is 5.75 Å². The zero-order valence-electron chi connectivity index (χ0n) is 11.5. The highest BCUT2D eigenvalue weighted by atomic mass is 35.5. The Kier molecular flexibility index (Phi) is 7.82. The summed E-state index contributed by atoms with van der Waals surface area (Å²) in [5.41, 5.74) is 0.936. The highest BCUT2D eigenvalue weighted by molar-refractivity contribution is 6.31. The molecule has 0 radical (unpaired) electrons. The summed E-state index contributed by atoms with van der Waals surface area (Å²) in [4.78, 5) is 0. The van der Waals surface area contributed by atoms with E-state index in [0.717, 1.165) is 17.9 Å². The third kappa shape index (κ3) is 6.25. The largest absolute Gasteiger partial charge is 0.493 e. The van der Waals surface area contributed by atoms with Crippen LogP contribution < -0.4 is 10.1 Å². The van der Waals surface area contributed by atoms with Crippen LogP contribution in [0.5, 0.6) is 5.75 Å². The van der Waals surface area contributed by atoms with Gasteiger partial charge in [-0.05, 0) is 19.1 Å². The highest BCUT2D eigenvalue weighted by Crippen LogP contribution is 2.26. The van der Waals surface area contributed by atoms with Crippen LogP contribution in [0.4, 0.5) is 0 Å². The lowest BCUT2D eigenvalue weighted by Crippen LogP contribution is -2.19. The first-order chi connectivity index (χ1) is 9.15. The van der Waals surface area contributed by atoms with Gasteiger partial charge in [0.15, 0.2) is 0 Å². The molecule has 19 heavy (non-hydrogen) atoms. The maximum atomic E-state index is 9.22. The van der Waals surface area contributed by atoms with E-state index in [1.807, 2.05) is 18.2 Å². The summed E-state index contributed by atoms with van der Waals surface area (Å²) in [7, 11) is 1.67. The lowest BCUT2D eigenvalue weighted by atomic mass is 10.2. The maximum Gasteiger partial charge on any atom is 0.125 e. The number of methoxy groups -OCH3 is 1. The molecule has 0 fully saturated rings. The first-order valence-electron chi connectivity index (χ1n) is 6.43. The minimum atomic E-state index is -0.359. The molecule has 0 aliphatic carbocycles. The van der Waals surface area contributed by atoms with Crippen molar-refractivity contribution in [3.05, 3.63) is 28.8 Å². The third-order valence-corrected chi connectivity index (χ3v) is 3.01. The molecule has 0 spiro atoms. The molecule has 0 aliphatic rings. The summed E-state index contributed by atoms with van der Waals surface area (Å²) >= 11 is 6.18. The summed E-state index contributed by atoms with van der Waals surface area (Å²) in [5.74, 6) is 0.762. The average Bonchev–Trinajstić information content (AvgIpc) is 2.36. The number of aliphatic hydroxyl groups is 1. The SMILES string of the molecule is COCCNCc1c(Cl)cccc1OCCC(C)O. The Hall–Kier alpha value is -0.810. The molecule has 0 saturated carbocycles. The second-order valence-electron chi connectivity index (χ2n) is 4.37. The molecule has 0 bridgehead atoms.